The van der Waals surface area contributed by atoms with E-state index in [4.69, 9.17) is 5.73 Å². The fraction of sp³-hybridized carbons (Fsp3) is 0.333. The highest BCUT2D eigenvalue weighted by Gasteiger charge is 2.19. The zero-order chi connectivity index (χ0) is 12.7. The van der Waals surface area contributed by atoms with Crippen LogP contribution in [0.2, 0.25) is 0 Å². The Morgan fingerprint density at radius 2 is 2.00 bits per heavy atom. The van der Waals surface area contributed by atoms with Crippen molar-refractivity contribution in [3.8, 4) is 0 Å². The normalized spacial score (nSPS) is 11.3. The molecule has 0 atom stereocenters. The molecule has 1 aromatic heterocycles. The number of aryl methyl sites for hydroxylation is 1. The molecule has 0 saturated heterocycles. The Labute approximate surface area is 98.4 Å². The summed E-state index contributed by atoms with van der Waals surface area (Å²) >= 11 is 0. The Kier molecular flexibility index (Phi) is 2.53. The minimum Gasteiger partial charge on any atom is -0.351 e. The number of hydrogen-bond donors (Lipinski definition) is 1. The van der Waals surface area contributed by atoms with Crippen molar-refractivity contribution in [2.24, 2.45) is 5.73 Å². The van der Waals surface area contributed by atoms with Crippen molar-refractivity contribution in [2.75, 3.05) is 0 Å². The molecule has 0 bridgehead atoms. The molecule has 1 heterocycles. The molecule has 5 heteroatoms. The second kappa shape index (κ2) is 3.76. The highest BCUT2D eigenvalue weighted by molar-refractivity contribution is 5.90. The predicted molar refractivity (Wildman–Crippen MR) is 66.3 cm³/mol. The third-order valence-corrected chi connectivity index (χ3v) is 2.83. The van der Waals surface area contributed by atoms with Crippen LogP contribution in [0.3, 0.4) is 0 Å². The van der Waals surface area contributed by atoms with Gasteiger partial charge in [0.15, 0.2) is 0 Å². The van der Waals surface area contributed by atoms with E-state index >= 15 is 0 Å². The molecule has 2 N–H and O–H groups in total. The van der Waals surface area contributed by atoms with Gasteiger partial charge in [0.05, 0.1) is 11.0 Å². The molecule has 0 radical (unpaired) electrons. The van der Waals surface area contributed by atoms with E-state index < -0.39 is 6.03 Å². The number of primary amides is 1. The Morgan fingerprint density at radius 1 is 1.35 bits per heavy atom. The highest BCUT2D eigenvalue weighted by atomic mass is 16.2. The zero-order valence-corrected chi connectivity index (χ0v) is 10.1. The smallest absolute Gasteiger partial charge is 0.337 e. The number of carbonyl (C=O) groups excluding carboxylic acids is 1. The number of benzene rings is 1. The van der Waals surface area contributed by atoms with E-state index in [2.05, 4.69) is 0 Å². The number of amides is 1. The SMILES string of the molecule is Cc1cccc2c1n(C(C)C)c(=O)n2C(N)=O. The van der Waals surface area contributed by atoms with Gasteiger partial charge in [-0.25, -0.2) is 14.2 Å². The first-order chi connectivity index (χ1) is 7.95. The van der Waals surface area contributed by atoms with Gasteiger partial charge in [-0.05, 0) is 32.4 Å². The average molecular weight is 233 g/mol. The third kappa shape index (κ3) is 1.54. The van der Waals surface area contributed by atoms with Crippen LogP contribution in [0.15, 0.2) is 23.0 Å². The average Bonchev–Trinajstić information content (AvgIpc) is 2.51. The maximum atomic E-state index is 12.1. The number of carbonyl (C=O) groups is 1. The number of nitrogens with two attached hydrogens (primary N) is 1. The van der Waals surface area contributed by atoms with E-state index in [9.17, 15) is 9.59 Å². The van der Waals surface area contributed by atoms with Crippen molar-refractivity contribution in [1.29, 1.82) is 0 Å². The fourth-order valence-corrected chi connectivity index (χ4v) is 2.14. The molecule has 0 aliphatic heterocycles. The summed E-state index contributed by atoms with van der Waals surface area (Å²) in [4.78, 5) is 23.5. The summed E-state index contributed by atoms with van der Waals surface area (Å²) < 4.78 is 2.61. The summed E-state index contributed by atoms with van der Waals surface area (Å²) in [5, 5.41) is 0. The van der Waals surface area contributed by atoms with Gasteiger partial charge < -0.3 is 5.73 Å². The first kappa shape index (κ1) is 11.4. The van der Waals surface area contributed by atoms with Gasteiger partial charge in [-0.1, -0.05) is 12.1 Å². The quantitative estimate of drug-likeness (QED) is 0.813. The summed E-state index contributed by atoms with van der Waals surface area (Å²) in [5.41, 5.74) is 7.16. The van der Waals surface area contributed by atoms with Crippen LogP contribution >= 0.6 is 0 Å². The number of para-hydroxylation sites is 1. The lowest BCUT2D eigenvalue weighted by Crippen LogP contribution is -2.33. The lowest BCUT2D eigenvalue weighted by Gasteiger charge is -2.08. The van der Waals surface area contributed by atoms with Gasteiger partial charge in [-0.2, -0.15) is 0 Å². The zero-order valence-electron chi connectivity index (χ0n) is 10.1. The molecule has 90 valence electrons. The molecule has 0 fully saturated rings. The van der Waals surface area contributed by atoms with Crippen molar-refractivity contribution < 1.29 is 4.79 Å². The van der Waals surface area contributed by atoms with Crippen LogP contribution < -0.4 is 11.4 Å². The van der Waals surface area contributed by atoms with Crippen LogP contribution in [-0.4, -0.2) is 15.2 Å². The molecule has 5 nitrogen and oxygen atoms in total. The summed E-state index contributed by atoms with van der Waals surface area (Å²) in [5.74, 6) is 0. The first-order valence-electron chi connectivity index (χ1n) is 5.47. The van der Waals surface area contributed by atoms with Crippen LogP contribution in [0.4, 0.5) is 4.79 Å². The maximum Gasteiger partial charge on any atom is 0.337 e. The van der Waals surface area contributed by atoms with E-state index in [1.165, 1.54) is 0 Å². The van der Waals surface area contributed by atoms with E-state index in [1.807, 2.05) is 26.8 Å². The summed E-state index contributed by atoms with van der Waals surface area (Å²) in [7, 11) is 0. The van der Waals surface area contributed by atoms with Gasteiger partial charge in [0.2, 0.25) is 0 Å². The molecule has 1 aromatic carbocycles. The van der Waals surface area contributed by atoms with E-state index in [0.717, 1.165) is 15.6 Å². The number of nitrogens with zero attached hydrogens (tertiary/aromatic N) is 2. The Bertz CT molecular complexity index is 650. The summed E-state index contributed by atoms with van der Waals surface area (Å²) in [6.07, 6.45) is 0. The Morgan fingerprint density at radius 3 is 2.53 bits per heavy atom. The first-order valence-corrected chi connectivity index (χ1v) is 5.47. The van der Waals surface area contributed by atoms with Crippen molar-refractivity contribution in [3.05, 3.63) is 34.2 Å². The van der Waals surface area contributed by atoms with Crippen LogP contribution in [0, 0.1) is 6.92 Å². The minimum absolute atomic E-state index is 0.0216. The predicted octanol–water partition coefficient (Wildman–Crippen LogP) is 1.62. The topological polar surface area (TPSA) is 70.0 Å². The van der Waals surface area contributed by atoms with Gasteiger partial charge in [0.25, 0.3) is 0 Å². The molecular formula is C12H15N3O2. The standard InChI is InChI=1S/C12H15N3O2/c1-7(2)14-10-8(3)5-4-6-9(10)15(11(13)16)12(14)17/h4-7H,1-3H3,(H2,13,16). The highest BCUT2D eigenvalue weighted by Crippen LogP contribution is 2.20. The molecular weight excluding hydrogens is 218 g/mol. The van der Waals surface area contributed by atoms with Gasteiger partial charge in [-0.15, -0.1) is 0 Å². The van der Waals surface area contributed by atoms with Crippen molar-refractivity contribution >= 4 is 17.1 Å². The Hall–Kier alpha value is -2.04. The molecule has 17 heavy (non-hydrogen) atoms. The summed E-state index contributed by atoms with van der Waals surface area (Å²) in [6, 6.07) is 4.68. The molecule has 0 spiro atoms. The second-order valence-corrected chi connectivity index (χ2v) is 4.36. The molecule has 1 amide bonds. The van der Waals surface area contributed by atoms with Gasteiger partial charge >= 0.3 is 11.7 Å². The number of hydrogen-bond acceptors (Lipinski definition) is 2. The molecule has 0 unspecified atom stereocenters. The minimum atomic E-state index is -0.745. The van der Waals surface area contributed by atoms with Gasteiger partial charge in [0, 0.05) is 6.04 Å². The van der Waals surface area contributed by atoms with E-state index in [1.54, 1.807) is 16.7 Å². The van der Waals surface area contributed by atoms with E-state index in [0.29, 0.717) is 5.52 Å². The van der Waals surface area contributed by atoms with Crippen molar-refractivity contribution in [1.82, 2.24) is 9.13 Å². The lowest BCUT2D eigenvalue weighted by atomic mass is 10.2. The van der Waals surface area contributed by atoms with Crippen LogP contribution in [0.25, 0.3) is 11.0 Å². The summed E-state index contributed by atoms with van der Waals surface area (Å²) in [6.45, 7) is 5.71. The molecule has 0 aliphatic rings. The fourth-order valence-electron chi connectivity index (χ4n) is 2.14. The second-order valence-electron chi connectivity index (χ2n) is 4.36. The number of rotatable bonds is 1. The van der Waals surface area contributed by atoms with Crippen molar-refractivity contribution in [2.45, 2.75) is 26.8 Å². The van der Waals surface area contributed by atoms with Gasteiger partial charge in [0.1, 0.15) is 0 Å². The van der Waals surface area contributed by atoms with Crippen LogP contribution in [0.5, 0.6) is 0 Å². The third-order valence-electron chi connectivity index (χ3n) is 2.83. The number of aromatic nitrogens is 2. The van der Waals surface area contributed by atoms with Crippen molar-refractivity contribution in [3.63, 3.8) is 0 Å². The maximum absolute atomic E-state index is 12.1. The monoisotopic (exact) mass is 233 g/mol. The molecule has 2 rings (SSSR count). The lowest BCUT2D eigenvalue weighted by molar-refractivity contribution is 0.250. The van der Waals surface area contributed by atoms with E-state index in [-0.39, 0.29) is 11.7 Å². The Balaban J connectivity index is 3.05. The van der Waals surface area contributed by atoms with Crippen LogP contribution in [0.1, 0.15) is 25.5 Å². The molecule has 2 aromatic rings. The number of fused-ring (bicyclic) bond motifs is 1. The van der Waals surface area contributed by atoms with Crippen LogP contribution in [-0.2, 0) is 0 Å². The number of imidazole rings is 1. The molecule has 0 aliphatic carbocycles. The largest absolute Gasteiger partial charge is 0.351 e. The molecule has 0 saturated carbocycles. The van der Waals surface area contributed by atoms with Gasteiger partial charge in [-0.3, -0.25) is 4.57 Å².